The standard InChI is InChI=1S/C14H20N2O3/c1-19-13-5-3-2-4-11(13)12(8-15)16-7-6-10(9-16)14(17)18/h2-5,10,12H,6-9,15H2,1H3,(H,17,18). The Morgan fingerprint density at radius 1 is 1.58 bits per heavy atom. The van der Waals surface area contributed by atoms with Gasteiger partial charge in [0.15, 0.2) is 0 Å². The van der Waals surface area contributed by atoms with Crippen molar-refractivity contribution in [1.29, 1.82) is 0 Å². The molecule has 0 aliphatic carbocycles. The Balaban J connectivity index is 2.19. The van der Waals surface area contributed by atoms with Gasteiger partial charge in [-0.3, -0.25) is 9.69 Å². The molecule has 1 fully saturated rings. The zero-order chi connectivity index (χ0) is 13.8. The van der Waals surface area contributed by atoms with Crippen LogP contribution in [0.15, 0.2) is 24.3 Å². The van der Waals surface area contributed by atoms with Gasteiger partial charge in [-0.05, 0) is 19.0 Å². The molecule has 0 radical (unpaired) electrons. The van der Waals surface area contributed by atoms with Gasteiger partial charge in [-0.2, -0.15) is 0 Å². The number of carboxylic acids is 1. The number of nitrogens with two attached hydrogens (primary N) is 1. The fourth-order valence-corrected chi connectivity index (χ4v) is 2.69. The third kappa shape index (κ3) is 2.88. The van der Waals surface area contributed by atoms with Crippen molar-refractivity contribution in [1.82, 2.24) is 4.90 Å². The number of rotatable bonds is 5. The van der Waals surface area contributed by atoms with E-state index in [0.717, 1.165) is 17.9 Å². The summed E-state index contributed by atoms with van der Waals surface area (Å²) < 4.78 is 5.36. The number of methoxy groups -OCH3 is 1. The number of likely N-dealkylation sites (tertiary alicyclic amines) is 1. The van der Waals surface area contributed by atoms with Gasteiger partial charge in [0.1, 0.15) is 5.75 Å². The predicted molar refractivity (Wildman–Crippen MR) is 72.1 cm³/mol. The number of hydrogen-bond donors (Lipinski definition) is 2. The van der Waals surface area contributed by atoms with E-state index < -0.39 is 5.97 Å². The molecule has 5 nitrogen and oxygen atoms in total. The highest BCUT2D eigenvalue weighted by atomic mass is 16.5. The summed E-state index contributed by atoms with van der Waals surface area (Å²) in [5.41, 5.74) is 6.91. The van der Waals surface area contributed by atoms with Crippen LogP contribution in [0.1, 0.15) is 18.0 Å². The molecule has 19 heavy (non-hydrogen) atoms. The third-order valence-electron chi connectivity index (χ3n) is 3.73. The summed E-state index contributed by atoms with van der Waals surface area (Å²) in [6.45, 7) is 1.76. The van der Waals surface area contributed by atoms with Crippen LogP contribution < -0.4 is 10.5 Å². The highest BCUT2D eigenvalue weighted by Crippen LogP contribution is 2.32. The van der Waals surface area contributed by atoms with E-state index >= 15 is 0 Å². The van der Waals surface area contributed by atoms with E-state index in [1.165, 1.54) is 0 Å². The van der Waals surface area contributed by atoms with Gasteiger partial charge >= 0.3 is 5.97 Å². The first-order valence-electron chi connectivity index (χ1n) is 6.47. The number of carbonyl (C=O) groups is 1. The Hall–Kier alpha value is -1.59. The Morgan fingerprint density at radius 2 is 2.32 bits per heavy atom. The lowest BCUT2D eigenvalue weighted by atomic mass is 10.0. The summed E-state index contributed by atoms with van der Waals surface area (Å²) in [7, 11) is 1.64. The molecule has 1 aromatic carbocycles. The lowest BCUT2D eigenvalue weighted by Crippen LogP contribution is -2.33. The van der Waals surface area contributed by atoms with Gasteiger partial charge in [0.05, 0.1) is 19.1 Å². The van der Waals surface area contributed by atoms with Crippen LogP contribution in [-0.4, -0.2) is 42.7 Å². The molecular formula is C14H20N2O3. The van der Waals surface area contributed by atoms with Crippen molar-refractivity contribution in [2.45, 2.75) is 12.5 Å². The molecule has 0 aromatic heterocycles. The molecule has 0 spiro atoms. The molecular weight excluding hydrogens is 244 g/mol. The van der Waals surface area contributed by atoms with E-state index in [2.05, 4.69) is 4.90 Å². The maximum Gasteiger partial charge on any atom is 0.307 e. The van der Waals surface area contributed by atoms with Gasteiger partial charge in [0.25, 0.3) is 0 Å². The van der Waals surface area contributed by atoms with Crippen molar-refractivity contribution in [3.63, 3.8) is 0 Å². The van der Waals surface area contributed by atoms with Crippen LogP contribution in [0.3, 0.4) is 0 Å². The summed E-state index contributed by atoms with van der Waals surface area (Å²) in [6, 6.07) is 7.78. The Morgan fingerprint density at radius 3 is 2.89 bits per heavy atom. The largest absolute Gasteiger partial charge is 0.496 e. The van der Waals surface area contributed by atoms with E-state index in [0.29, 0.717) is 19.5 Å². The summed E-state index contributed by atoms with van der Waals surface area (Å²) in [6.07, 6.45) is 0.682. The van der Waals surface area contributed by atoms with Gasteiger partial charge in [-0.15, -0.1) is 0 Å². The maximum absolute atomic E-state index is 11.0. The Labute approximate surface area is 113 Å². The van der Waals surface area contributed by atoms with Gasteiger partial charge < -0.3 is 15.6 Å². The van der Waals surface area contributed by atoms with Crippen LogP contribution in [0.4, 0.5) is 0 Å². The molecule has 2 rings (SSSR count). The normalized spacial score (nSPS) is 21.3. The van der Waals surface area contributed by atoms with Crippen molar-refractivity contribution in [3.8, 4) is 5.75 Å². The van der Waals surface area contributed by atoms with Crippen molar-refractivity contribution in [3.05, 3.63) is 29.8 Å². The highest BCUT2D eigenvalue weighted by Gasteiger charge is 2.33. The van der Waals surface area contributed by atoms with E-state index in [4.69, 9.17) is 15.6 Å². The monoisotopic (exact) mass is 264 g/mol. The second-order valence-corrected chi connectivity index (χ2v) is 4.81. The number of benzene rings is 1. The molecule has 2 atom stereocenters. The van der Waals surface area contributed by atoms with E-state index in [1.807, 2.05) is 24.3 Å². The van der Waals surface area contributed by atoms with Crippen molar-refractivity contribution in [2.75, 3.05) is 26.7 Å². The molecule has 1 heterocycles. The third-order valence-corrected chi connectivity index (χ3v) is 3.73. The summed E-state index contributed by atoms with van der Waals surface area (Å²) in [4.78, 5) is 13.2. The van der Waals surface area contributed by atoms with Crippen LogP contribution in [0.5, 0.6) is 5.75 Å². The minimum absolute atomic E-state index is 0.0144. The van der Waals surface area contributed by atoms with Crippen LogP contribution in [0, 0.1) is 5.92 Å². The molecule has 0 amide bonds. The second kappa shape index (κ2) is 6.04. The molecule has 1 saturated heterocycles. The first kappa shape index (κ1) is 13.8. The average molecular weight is 264 g/mol. The quantitative estimate of drug-likeness (QED) is 0.833. The van der Waals surface area contributed by atoms with Gasteiger partial charge in [0, 0.05) is 18.7 Å². The number of para-hydroxylation sites is 1. The number of ether oxygens (including phenoxy) is 1. The zero-order valence-corrected chi connectivity index (χ0v) is 11.1. The Kier molecular flexibility index (Phi) is 4.39. The van der Waals surface area contributed by atoms with Crippen molar-refractivity contribution in [2.24, 2.45) is 11.7 Å². The fraction of sp³-hybridized carbons (Fsp3) is 0.500. The van der Waals surface area contributed by atoms with E-state index in [-0.39, 0.29) is 12.0 Å². The van der Waals surface area contributed by atoms with Crippen molar-refractivity contribution < 1.29 is 14.6 Å². The summed E-state index contributed by atoms with van der Waals surface area (Å²) in [5, 5.41) is 9.07. The molecule has 0 saturated carbocycles. The number of aliphatic carboxylic acids is 1. The van der Waals surface area contributed by atoms with Gasteiger partial charge in [-0.25, -0.2) is 0 Å². The predicted octanol–water partition coefficient (Wildman–Crippen LogP) is 1.10. The lowest BCUT2D eigenvalue weighted by molar-refractivity contribution is -0.141. The molecule has 1 aliphatic heterocycles. The minimum atomic E-state index is -0.724. The first-order chi connectivity index (χ1) is 9.17. The van der Waals surface area contributed by atoms with E-state index in [1.54, 1.807) is 7.11 Å². The number of hydrogen-bond acceptors (Lipinski definition) is 4. The van der Waals surface area contributed by atoms with Gasteiger partial charge in [-0.1, -0.05) is 18.2 Å². The molecule has 0 bridgehead atoms. The molecule has 2 unspecified atom stereocenters. The summed E-state index contributed by atoms with van der Waals surface area (Å²) >= 11 is 0. The highest BCUT2D eigenvalue weighted by molar-refractivity contribution is 5.70. The van der Waals surface area contributed by atoms with Crippen molar-refractivity contribution >= 4 is 5.97 Å². The molecule has 5 heteroatoms. The topological polar surface area (TPSA) is 75.8 Å². The smallest absolute Gasteiger partial charge is 0.307 e. The molecule has 1 aliphatic rings. The maximum atomic E-state index is 11.0. The fourth-order valence-electron chi connectivity index (χ4n) is 2.69. The van der Waals surface area contributed by atoms with Gasteiger partial charge in [0.2, 0.25) is 0 Å². The van der Waals surface area contributed by atoms with Crippen LogP contribution in [0.2, 0.25) is 0 Å². The van der Waals surface area contributed by atoms with Crippen LogP contribution in [-0.2, 0) is 4.79 Å². The minimum Gasteiger partial charge on any atom is -0.496 e. The van der Waals surface area contributed by atoms with Crippen LogP contribution >= 0.6 is 0 Å². The van der Waals surface area contributed by atoms with Crippen LogP contribution in [0.25, 0.3) is 0 Å². The zero-order valence-electron chi connectivity index (χ0n) is 11.1. The first-order valence-corrected chi connectivity index (χ1v) is 6.47. The molecule has 104 valence electrons. The number of nitrogens with zero attached hydrogens (tertiary/aromatic N) is 1. The molecule has 3 N–H and O–H groups in total. The SMILES string of the molecule is COc1ccccc1C(CN)N1CCC(C(=O)O)C1. The molecule has 1 aromatic rings. The second-order valence-electron chi connectivity index (χ2n) is 4.81. The summed E-state index contributed by atoms with van der Waals surface area (Å²) in [5.74, 6) is -0.209. The Bertz CT molecular complexity index is 450. The number of carboxylic acid groups (broad SMARTS) is 1. The lowest BCUT2D eigenvalue weighted by Gasteiger charge is -2.28. The van der Waals surface area contributed by atoms with E-state index in [9.17, 15) is 4.79 Å². The average Bonchev–Trinajstić information content (AvgIpc) is 2.90.